The number of para-hydroxylation sites is 1. The van der Waals surface area contributed by atoms with Crippen LogP contribution in [0.15, 0.2) is 24.3 Å². The summed E-state index contributed by atoms with van der Waals surface area (Å²) >= 11 is 1.66. The second kappa shape index (κ2) is 10.5. The molecular weight excluding hydrogens is 382 g/mol. The van der Waals surface area contributed by atoms with Gasteiger partial charge in [-0.1, -0.05) is 32.4 Å². The van der Waals surface area contributed by atoms with Crippen LogP contribution in [0, 0.1) is 12.8 Å². The van der Waals surface area contributed by atoms with Gasteiger partial charge in [0.25, 0.3) is 0 Å². The molecular formula is C22H31N5OS. The number of hydrogen-bond acceptors (Lipinski definition) is 7. The van der Waals surface area contributed by atoms with E-state index in [1.165, 1.54) is 0 Å². The molecule has 0 bridgehead atoms. The second-order valence-corrected chi connectivity index (χ2v) is 8.35. The van der Waals surface area contributed by atoms with Crippen molar-refractivity contribution in [3.63, 3.8) is 0 Å². The van der Waals surface area contributed by atoms with Crippen LogP contribution < -0.4 is 10.6 Å². The first-order valence-electron chi connectivity index (χ1n) is 10.5. The second-order valence-electron chi connectivity index (χ2n) is 7.32. The fourth-order valence-electron chi connectivity index (χ4n) is 3.38. The van der Waals surface area contributed by atoms with Gasteiger partial charge in [0.2, 0.25) is 5.95 Å². The number of nitrogens with zero attached hydrogens (tertiary/aromatic N) is 3. The smallest absolute Gasteiger partial charge is 0.224 e. The summed E-state index contributed by atoms with van der Waals surface area (Å²) in [5, 5.41) is 17.3. The zero-order valence-corrected chi connectivity index (χ0v) is 18.4. The molecule has 3 N–H and O–H groups in total. The van der Waals surface area contributed by atoms with Gasteiger partial charge in [0.1, 0.15) is 10.8 Å². The van der Waals surface area contributed by atoms with Crippen molar-refractivity contribution in [1.82, 2.24) is 15.0 Å². The van der Waals surface area contributed by atoms with Crippen molar-refractivity contribution in [3.8, 4) is 10.6 Å². The highest BCUT2D eigenvalue weighted by Crippen LogP contribution is 2.36. The molecule has 1 aromatic carbocycles. The van der Waals surface area contributed by atoms with E-state index in [0.717, 1.165) is 71.1 Å². The summed E-state index contributed by atoms with van der Waals surface area (Å²) in [5.74, 6) is 1.77. The van der Waals surface area contributed by atoms with Crippen LogP contribution >= 0.6 is 11.3 Å². The van der Waals surface area contributed by atoms with Crippen molar-refractivity contribution in [2.24, 2.45) is 5.92 Å². The number of fused-ring (bicyclic) bond motifs is 1. The zero-order valence-electron chi connectivity index (χ0n) is 17.5. The number of aliphatic hydroxyl groups is 1. The first kappa shape index (κ1) is 21.5. The van der Waals surface area contributed by atoms with Gasteiger partial charge < -0.3 is 15.7 Å². The van der Waals surface area contributed by atoms with Gasteiger partial charge in [-0.25, -0.2) is 9.97 Å². The van der Waals surface area contributed by atoms with E-state index in [1.54, 1.807) is 11.3 Å². The molecule has 0 amide bonds. The highest BCUT2D eigenvalue weighted by atomic mass is 32.1. The lowest BCUT2D eigenvalue weighted by molar-refractivity contribution is 0.212. The summed E-state index contributed by atoms with van der Waals surface area (Å²) in [5.41, 5.74) is 2.87. The maximum atomic E-state index is 9.58. The van der Waals surface area contributed by atoms with E-state index in [9.17, 15) is 5.11 Å². The van der Waals surface area contributed by atoms with Gasteiger partial charge in [-0.2, -0.15) is 4.98 Å². The highest BCUT2D eigenvalue weighted by molar-refractivity contribution is 7.21. The van der Waals surface area contributed by atoms with Crippen LogP contribution in [0.25, 0.3) is 20.8 Å². The summed E-state index contributed by atoms with van der Waals surface area (Å²) < 4.78 is 1.16. The third-order valence-electron chi connectivity index (χ3n) is 4.93. The molecule has 0 unspecified atom stereocenters. The molecule has 7 heteroatoms. The largest absolute Gasteiger partial charge is 0.396 e. The maximum Gasteiger partial charge on any atom is 0.224 e. The Hall–Kier alpha value is -2.25. The summed E-state index contributed by atoms with van der Waals surface area (Å²) in [6, 6.07) is 8.17. The third kappa shape index (κ3) is 5.42. The Kier molecular flexibility index (Phi) is 7.77. The third-order valence-corrected chi connectivity index (χ3v) is 5.98. The maximum absolute atomic E-state index is 9.58. The minimum atomic E-state index is 0.229. The van der Waals surface area contributed by atoms with E-state index in [4.69, 9.17) is 9.97 Å². The molecule has 0 radical (unpaired) electrons. The number of aromatic nitrogens is 3. The Balaban J connectivity index is 1.90. The molecule has 0 saturated carbocycles. The summed E-state index contributed by atoms with van der Waals surface area (Å²) in [6.07, 6.45) is 4.04. The molecule has 0 saturated heterocycles. The lowest BCUT2D eigenvalue weighted by Crippen LogP contribution is -2.15. The molecule has 156 valence electrons. The average molecular weight is 414 g/mol. The quantitative estimate of drug-likeness (QED) is 0.406. The molecule has 0 aliphatic carbocycles. The Labute approximate surface area is 176 Å². The number of aryl methyl sites for hydroxylation is 1. The summed E-state index contributed by atoms with van der Waals surface area (Å²) in [6.45, 7) is 8.11. The first-order chi connectivity index (χ1) is 14.2. The van der Waals surface area contributed by atoms with E-state index < -0.39 is 0 Å². The molecule has 29 heavy (non-hydrogen) atoms. The predicted molar refractivity (Wildman–Crippen MR) is 123 cm³/mol. The number of hydrogen-bond donors (Lipinski definition) is 3. The van der Waals surface area contributed by atoms with E-state index in [0.29, 0.717) is 11.9 Å². The van der Waals surface area contributed by atoms with Crippen LogP contribution in [-0.2, 0) is 0 Å². The topological polar surface area (TPSA) is 83.0 Å². The Bertz CT molecular complexity index is 894. The lowest BCUT2D eigenvalue weighted by atomic mass is 10.0. The van der Waals surface area contributed by atoms with E-state index in [1.807, 2.05) is 25.1 Å². The van der Waals surface area contributed by atoms with Crippen molar-refractivity contribution < 1.29 is 5.11 Å². The van der Waals surface area contributed by atoms with Gasteiger partial charge >= 0.3 is 0 Å². The molecule has 0 aliphatic rings. The molecule has 0 spiro atoms. The van der Waals surface area contributed by atoms with Gasteiger partial charge in [-0.05, 0) is 44.2 Å². The van der Waals surface area contributed by atoms with Crippen molar-refractivity contribution in [2.75, 3.05) is 30.3 Å². The number of rotatable bonds is 11. The molecule has 1 atom stereocenters. The first-order valence-corrected chi connectivity index (χ1v) is 11.3. The van der Waals surface area contributed by atoms with Crippen LogP contribution in [0.5, 0.6) is 0 Å². The number of aliphatic hydroxyl groups excluding tert-OH is 1. The molecule has 2 aromatic heterocycles. The Morgan fingerprint density at radius 2 is 1.83 bits per heavy atom. The van der Waals surface area contributed by atoms with Gasteiger partial charge in [0.05, 0.1) is 21.5 Å². The van der Waals surface area contributed by atoms with Crippen LogP contribution in [0.2, 0.25) is 0 Å². The fraction of sp³-hybridized carbons (Fsp3) is 0.500. The van der Waals surface area contributed by atoms with Crippen molar-refractivity contribution >= 4 is 33.3 Å². The fourth-order valence-corrected chi connectivity index (χ4v) is 4.45. The number of anilines is 2. The van der Waals surface area contributed by atoms with E-state index >= 15 is 0 Å². The standard InChI is InChI=1S/C22H31N5OS/c1-4-8-16(14-28)11-13-23-20-19(15(3)25-22(27-20)24-12-5-2)21-26-17-9-6-7-10-18(17)29-21/h6-7,9-10,16,28H,4-5,8,11-14H2,1-3H3,(H2,23,24,25,27)/t16-/m0/s1. The van der Waals surface area contributed by atoms with E-state index in [-0.39, 0.29) is 6.61 Å². The van der Waals surface area contributed by atoms with Crippen LogP contribution in [0.3, 0.4) is 0 Å². The zero-order chi connectivity index (χ0) is 20.6. The highest BCUT2D eigenvalue weighted by Gasteiger charge is 2.18. The van der Waals surface area contributed by atoms with Crippen molar-refractivity contribution in [1.29, 1.82) is 0 Å². The summed E-state index contributed by atoms with van der Waals surface area (Å²) in [7, 11) is 0. The molecule has 3 rings (SSSR count). The normalized spacial score (nSPS) is 12.3. The van der Waals surface area contributed by atoms with Gasteiger partial charge in [0, 0.05) is 19.7 Å². The van der Waals surface area contributed by atoms with E-state index in [2.05, 4.69) is 35.5 Å². The van der Waals surface area contributed by atoms with Crippen molar-refractivity contribution in [2.45, 2.75) is 46.5 Å². The SMILES string of the molecule is CCCNc1nc(C)c(-c2nc3ccccc3s2)c(NCC[C@@H](CO)CCC)n1. The van der Waals surface area contributed by atoms with Crippen LogP contribution in [0.4, 0.5) is 11.8 Å². The van der Waals surface area contributed by atoms with Crippen molar-refractivity contribution in [3.05, 3.63) is 30.0 Å². The molecule has 6 nitrogen and oxygen atoms in total. The van der Waals surface area contributed by atoms with Gasteiger partial charge in [0.15, 0.2) is 0 Å². The lowest BCUT2D eigenvalue weighted by Gasteiger charge is -2.16. The van der Waals surface area contributed by atoms with Gasteiger partial charge in [-0.3, -0.25) is 0 Å². The predicted octanol–water partition coefficient (Wildman–Crippen LogP) is 5.09. The average Bonchev–Trinajstić information content (AvgIpc) is 3.14. The number of nitrogens with one attached hydrogen (secondary N) is 2. The molecule has 0 fully saturated rings. The molecule has 2 heterocycles. The number of benzene rings is 1. The van der Waals surface area contributed by atoms with Crippen LogP contribution in [0.1, 0.15) is 45.2 Å². The number of thiazole rings is 1. The minimum Gasteiger partial charge on any atom is -0.396 e. The molecule has 3 aromatic rings. The summed E-state index contributed by atoms with van der Waals surface area (Å²) in [4.78, 5) is 14.3. The van der Waals surface area contributed by atoms with Crippen LogP contribution in [-0.4, -0.2) is 39.8 Å². The minimum absolute atomic E-state index is 0.229. The monoisotopic (exact) mass is 413 g/mol. The molecule has 0 aliphatic heterocycles. The van der Waals surface area contributed by atoms with Gasteiger partial charge in [-0.15, -0.1) is 11.3 Å². The Morgan fingerprint density at radius 3 is 2.55 bits per heavy atom. The Morgan fingerprint density at radius 1 is 1.00 bits per heavy atom.